The van der Waals surface area contributed by atoms with Crippen molar-refractivity contribution in [3.05, 3.63) is 48.3 Å². The zero-order chi connectivity index (χ0) is 14.5. The minimum absolute atomic E-state index is 0.265. The van der Waals surface area contributed by atoms with Crippen LogP contribution in [0.5, 0.6) is 11.5 Å². The molecule has 110 valence electrons. The molecule has 0 saturated carbocycles. The summed E-state index contributed by atoms with van der Waals surface area (Å²) >= 11 is 0. The van der Waals surface area contributed by atoms with E-state index in [1.807, 2.05) is 24.4 Å². The second-order valence-corrected chi connectivity index (χ2v) is 5.07. The van der Waals surface area contributed by atoms with Crippen LogP contribution in [0.2, 0.25) is 0 Å². The molecule has 2 heterocycles. The number of aromatic hydroxyl groups is 1. The largest absolute Gasteiger partial charge is 0.508 e. The van der Waals surface area contributed by atoms with Gasteiger partial charge in [0.25, 0.3) is 0 Å². The fourth-order valence-electron chi connectivity index (χ4n) is 2.34. The molecular formula is C16H19N3O2. The molecule has 2 N–H and O–H groups in total. The second kappa shape index (κ2) is 6.45. The number of nitrogens with one attached hydrogen (secondary N) is 1. The van der Waals surface area contributed by atoms with Crippen molar-refractivity contribution in [2.45, 2.75) is 6.61 Å². The van der Waals surface area contributed by atoms with E-state index in [4.69, 9.17) is 4.74 Å². The van der Waals surface area contributed by atoms with Crippen LogP contribution >= 0.6 is 0 Å². The predicted molar refractivity (Wildman–Crippen MR) is 81.8 cm³/mol. The van der Waals surface area contributed by atoms with Crippen molar-refractivity contribution in [3.63, 3.8) is 0 Å². The van der Waals surface area contributed by atoms with Crippen molar-refractivity contribution in [2.24, 2.45) is 0 Å². The van der Waals surface area contributed by atoms with Gasteiger partial charge in [0.05, 0.1) is 18.1 Å². The maximum atomic E-state index is 9.26. The van der Waals surface area contributed by atoms with Crippen LogP contribution in [0.3, 0.4) is 0 Å². The van der Waals surface area contributed by atoms with E-state index in [2.05, 4.69) is 15.2 Å². The van der Waals surface area contributed by atoms with Crippen molar-refractivity contribution >= 4 is 5.69 Å². The molecule has 0 amide bonds. The summed E-state index contributed by atoms with van der Waals surface area (Å²) in [5.41, 5.74) is 2.11. The summed E-state index contributed by atoms with van der Waals surface area (Å²) in [6.45, 7) is 4.44. The van der Waals surface area contributed by atoms with E-state index in [-0.39, 0.29) is 5.75 Å². The zero-order valence-corrected chi connectivity index (χ0v) is 11.8. The summed E-state index contributed by atoms with van der Waals surface area (Å²) in [5, 5.41) is 12.6. The average molecular weight is 285 g/mol. The molecule has 1 aliphatic heterocycles. The van der Waals surface area contributed by atoms with Gasteiger partial charge in [0.2, 0.25) is 0 Å². The van der Waals surface area contributed by atoms with Crippen LogP contribution in [-0.4, -0.2) is 36.3 Å². The van der Waals surface area contributed by atoms with E-state index in [9.17, 15) is 5.11 Å². The highest BCUT2D eigenvalue weighted by Gasteiger charge is 2.11. The normalized spacial score (nSPS) is 15.0. The number of pyridine rings is 1. The molecule has 0 spiro atoms. The number of benzene rings is 1. The van der Waals surface area contributed by atoms with Crippen LogP contribution in [0.15, 0.2) is 42.7 Å². The topological polar surface area (TPSA) is 57.6 Å². The fraction of sp³-hybridized carbons (Fsp3) is 0.312. The Balaban J connectivity index is 1.64. The van der Waals surface area contributed by atoms with Crippen LogP contribution in [0.25, 0.3) is 0 Å². The lowest BCUT2D eigenvalue weighted by molar-refractivity contribution is 0.305. The Kier molecular flexibility index (Phi) is 4.21. The monoisotopic (exact) mass is 285 g/mol. The molecule has 0 atom stereocenters. The standard InChI is InChI=1S/C16H19N3O2/c20-15-3-1-13(2-4-15)12-21-16-9-14(10-18-11-16)19-7-5-17-6-8-19/h1-4,9-11,17,20H,5-8,12H2. The SMILES string of the molecule is Oc1ccc(COc2cncc(N3CCNCC3)c2)cc1. The molecule has 5 nitrogen and oxygen atoms in total. The van der Waals surface area contributed by atoms with Gasteiger partial charge in [-0.15, -0.1) is 0 Å². The number of rotatable bonds is 4. The summed E-state index contributed by atoms with van der Waals surface area (Å²) in [6, 6.07) is 9.05. The van der Waals surface area contributed by atoms with Crippen molar-refractivity contribution in [1.29, 1.82) is 0 Å². The lowest BCUT2D eigenvalue weighted by Gasteiger charge is -2.29. The molecule has 1 aromatic carbocycles. The van der Waals surface area contributed by atoms with Gasteiger partial charge in [-0.25, -0.2) is 0 Å². The first-order valence-corrected chi connectivity index (χ1v) is 7.13. The first-order chi connectivity index (χ1) is 10.3. The predicted octanol–water partition coefficient (Wildman–Crippen LogP) is 1.78. The number of phenols is 1. The number of piperazine rings is 1. The third kappa shape index (κ3) is 3.64. The van der Waals surface area contributed by atoms with Crippen LogP contribution in [0.4, 0.5) is 5.69 Å². The van der Waals surface area contributed by atoms with Gasteiger partial charge in [-0.1, -0.05) is 12.1 Å². The summed E-state index contributed by atoms with van der Waals surface area (Å²) in [6.07, 6.45) is 3.60. The van der Waals surface area contributed by atoms with Gasteiger partial charge in [-0.2, -0.15) is 0 Å². The molecule has 1 fully saturated rings. The Morgan fingerprint density at radius 1 is 1.14 bits per heavy atom. The van der Waals surface area contributed by atoms with E-state index in [1.54, 1.807) is 18.3 Å². The van der Waals surface area contributed by atoms with Crippen LogP contribution in [0, 0.1) is 0 Å². The second-order valence-electron chi connectivity index (χ2n) is 5.07. The smallest absolute Gasteiger partial charge is 0.140 e. The Morgan fingerprint density at radius 2 is 1.90 bits per heavy atom. The van der Waals surface area contributed by atoms with Gasteiger partial charge in [-0.3, -0.25) is 4.98 Å². The average Bonchev–Trinajstić information content (AvgIpc) is 2.55. The third-order valence-corrected chi connectivity index (χ3v) is 3.52. The Morgan fingerprint density at radius 3 is 2.67 bits per heavy atom. The van der Waals surface area contributed by atoms with E-state index in [0.717, 1.165) is 43.2 Å². The highest BCUT2D eigenvalue weighted by molar-refractivity contribution is 5.48. The van der Waals surface area contributed by atoms with E-state index >= 15 is 0 Å². The Bertz CT molecular complexity index is 580. The molecule has 0 radical (unpaired) electrons. The van der Waals surface area contributed by atoms with Crippen molar-refractivity contribution in [3.8, 4) is 11.5 Å². The Hall–Kier alpha value is -2.27. The molecule has 0 unspecified atom stereocenters. The first-order valence-electron chi connectivity index (χ1n) is 7.13. The van der Waals surface area contributed by atoms with Gasteiger partial charge >= 0.3 is 0 Å². The Labute approximate surface area is 124 Å². The van der Waals surface area contributed by atoms with Crippen molar-refractivity contribution in [1.82, 2.24) is 10.3 Å². The maximum Gasteiger partial charge on any atom is 0.140 e. The quantitative estimate of drug-likeness (QED) is 0.896. The summed E-state index contributed by atoms with van der Waals surface area (Å²) < 4.78 is 5.78. The zero-order valence-electron chi connectivity index (χ0n) is 11.8. The molecule has 1 saturated heterocycles. The number of nitrogens with zero attached hydrogens (tertiary/aromatic N) is 2. The molecular weight excluding hydrogens is 266 g/mol. The minimum atomic E-state index is 0.265. The highest BCUT2D eigenvalue weighted by atomic mass is 16.5. The van der Waals surface area contributed by atoms with Gasteiger partial charge in [-0.05, 0) is 17.7 Å². The molecule has 21 heavy (non-hydrogen) atoms. The molecule has 3 rings (SSSR count). The van der Waals surface area contributed by atoms with E-state index < -0.39 is 0 Å². The fourth-order valence-corrected chi connectivity index (χ4v) is 2.34. The lowest BCUT2D eigenvalue weighted by Crippen LogP contribution is -2.43. The number of ether oxygens (including phenoxy) is 1. The molecule has 1 aliphatic rings. The van der Waals surface area contributed by atoms with Crippen LogP contribution in [-0.2, 0) is 6.61 Å². The number of aromatic nitrogens is 1. The molecule has 0 aliphatic carbocycles. The number of phenolic OH excluding ortho intramolecular Hbond substituents is 1. The lowest BCUT2D eigenvalue weighted by atomic mass is 10.2. The first kappa shape index (κ1) is 13.7. The molecule has 2 aromatic rings. The highest BCUT2D eigenvalue weighted by Crippen LogP contribution is 2.21. The minimum Gasteiger partial charge on any atom is -0.508 e. The third-order valence-electron chi connectivity index (χ3n) is 3.52. The van der Waals surface area contributed by atoms with Crippen LogP contribution in [0.1, 0.15) is 5.56 Å². The number of anilines is 1. The van der Waals surface area contributed by atoms with Gasteiger partial charge < -0.3 is 20.1 Å². The van der Waals surface area contributed by atoms with Crippen LogP contribution < -0.4 is 15.0 Å². The molecule has 1 aromatic heterocycles. The van der Waals surface area contributed by atoms with Gasteiger partial charge in [0, 0.05) is 32.2 Å². The molecule has 0 bridgehead atoms. The summed E-state index contributed by atoms with van der Waals surface area (Å²) in [5.74, 6) is 1.03. The molecule has 5 heteroatoms. The van der Waals surface area contributed by atoms with Crippen molar-refractivity contribution < 1.29 is 9.84 Å². The van der Waals surface area contributed by atoms with Crippen molar-refractivity contribution in [2.75, 3.05) is 31.1 Å². The van der Waals surface area contributed by atoms with Gasteiger partial charge in [0.15, 0.2) is 0 Å². The number of hydrogen-bond donors (Lipinski definition) is 2. The van der Waals surface area contributed by atoms with Gasteiger partial charge in [0.1, 0.15) is 18.1 Å². The number of hydrogen-bond acceptors (Lipinski definition) is 5. The maximum absolute atomic E-state index is 9.26. The summed E-state index contributed by atoms with van der Waals surface area (Å²) in [4.78, 5) is 6.56. The summed E-state index contributed by atoms with van der Waals surface area (Å²) in [7, 11) is 0. The van der Waals surface area contributed by atoms with E-state index in [0.29, 0.717) is 6.61 Å². The van der Waals surface area contributed by atoms with E-state index in [1.165, 1.54) is 0 Å².